The van der Waals surface area contributed by atoms with Gasteiger partial charge >= 0.3 is 5.97 Å². The van der Waals surface area contributed by atoms with E-state index in [0.717, 1.165) is 11.1 Å². The van der Waals surface area contributed by atoms with Crippen molar-refractivity contribution in [1.82, 2.24) is 19.9 Å². The van der Waals surface area contributed by atoms with E-state index in [1.165, 1.54) is 0 Å². The minimum absolute atomic E-state index is 0.280. The number of hydrogen-bond donors (Lipinski definition) is 0. The van der Waals surface area contributed by atoms with E-state index in [4.69, 9.17) is 9.47 Å². The molecule has 0 radical (unpaired) electrons. The van der Waals surface area contributed by atoms with Crippen LogP contribution in [-0.4, -0.2) is 58.6 Å². The predicted molar refractivity (Wildman–Crippen MR) is 107 cm³/mol. The number of carbonyl (C=O) groups excluding carboxylic acids is 2. The van der Waals surface area contributed by atoms with Crippen molar-refractivity contribution in [2.24, 2.45) is 0 Å². The van der Waals surface area contributed by atoms with E-state index in [0.29, 0.717) is 37.3 Å². The molecule has 29 heavy (non-hydrogen) atoms. The SMILES string of the molecule is CCn1nnc2cc(C(=O)OCC(=O)N(CCOC)Cc3ccccc3)ccc21. The summed E-state index contributed by atoms with van der Waals surface area (Å²) in [5, 5.41) is 8.07. The van der Waals surface area contributed by atoms with Crippen LogP contribution in [0.2, 0.25) is 0 Å². The van der Waals surface area contributed by atoms with E-state index >= 15 is 0 Å². The summed E-state index contributed by atoms with van der Waals surface area (Å²) in [4.78, 5) is 26.6. The van der Waals surface area contributed by atoms with Crippen LogP contribution < -0.4 is 0 Å². The quantitative estimate of drug-likeness (QED) is 0.516. The van der Waals surface area contributed by atoms with Gasteiger partial charge in [-0.25, -0.2) is 9.48 Å². The van der Waals surface area contributed by atoms with Gasteiger partial charge in [0.05, 0.1) is 17.7 Å². The van der Waals surface area contributed by atoms with Crippen molar-refractivity contribution in [3.63, 3.8) is 0 Å². The summed E-state index contributed by atoms with van der Waals surface area (Å²) in [5.74, 6) is -0.852. The molecule has 0 saturated heterocycles. The maximum atomic E-state index is 12.6. The van der Waals surface area contributed by atoms with Crippen molar-refractivity contribution in [2.75, 3.05) is 26.9 Å². The second-order valence-corrected chi connectivity index (χ2v) is 6.48. The summed E-state index contributed by atoms with van der Waals surface area (Å²) in [6.45, 7) is 3.55. The fourth-order valence-electron chi connectivity index (χ4n) is 2.93. The van der Waals surface area contributed by atoms with Crippen LogP contribution in [0.15, 0.2) is 48.5 Å². The van der Waals surface area contributed by atoms with Gasteiger partial charge in [-0.1, -0.05) is 35.5 Å². The Labute approximate surface area is 169 Å². The second-order valence-electron chi connectivity index (χ2n) is 6.48. The Balaban J connectivity index is 1.63. The molecule has 0 atom stereocenters. The molecule has 0 aliphatic carbocycles. The Morgan fingerprint density at radius 3 is 2.66 bits per heavy atom. The largest absolute Gasteiger partial charge is 0.452 e. The number of esters is 1. The maximum Gasteiger partial charge on any atom is 0.338 e. The van der Waals surface area contributed by atoms with Crippen molar-refractivity contribution in [3.05, 3.63) is 59.7 Å². The van der Waals surface area contributed by atoms with Crippen LogP contribution in [0, 0.1) is 0 Å². The van der Waals surface area contributed by atoms with Crippen LogP contribution >= 0.6 is 0 Å². The number of fused-ring (bicyclic) bond motifs is 1. The van der Waals surface area contributed by atoms with Crippen LogP contribution in [-0.2, 0) is 27.4 Å². The van der Waals surface area contributed by atoms with Crippen molar-refractivity contribution < 1.29 is 19.1 Å². The lowest BCUT2D eigenvalue weighted by molar-refractivity contribution is -0.135. The van der Waals surface area contributed by atoms with Gasteiger partial charge in [-0.2, -0.15) is 0 Å². The second kappa shape index (κ2) is 9.79. The number of amides is 1. The van der Waals surface area contributed by atoms with E-state index in [1.807, 2.05) is 37.3 Å². The summed E-state index contributed by atoms with van der Waals surface area (Å²) in [6, 6.07) is 14.7. The molecular weight excluding hydrogens is 372 g/mol. The molecule has 3 rings (SSSR count). The molecule has 1 amide bonds. The van der Waals surface area contributed by atoms with E-state index in [1.54, 1.807) is 34.9 Å². The van der Waals surface area contributed by atoms with Gasteiger partial charge in [0, 0.05) is 26.7 Å². The zero-order chi connectivity index (χ0) is 20.6. The average molecular weight is 396 g/mol. The smallest absolute Gasteiger partial charge is 0.338 e. The third-order valence-electron chi connectivity index (χ3n) is 4.51. The molecule has 0 bridgehead atoms. The fraction of sp³-hybridized carbons (Fsp3) is 0.333. The molecule has 0 aliphatic rings. The molecule has 8 heteroatoms. The monoisotopic (exact) mass is 396 g/mol. The summed E-state index contributed by atoms with van der Waals surface area (Å²) >= 11 is 0. The Bertz CT molecular complexity index is 971. The van der Waals surface area contributed by atoms with Crippen molar-refractivity contribution in [2.45, 2.75) is 20.0 Å². The molecule has 0 spiro atoms. The van der Waals surface area contributed by atoms with Crippen LogP contribution in [0.1, 0.15) is 22.8 Å². The third kappa shape index (κ3) is 5.17. The Morgan fingerprint density at radius 1 is 1.14 bits per heavy atom. The first-order valence-corrected chi connectivity index (χ1v) is 9.43. The van der Waals surface area contributed by atoms with E-state index in [9.17, 15) is 9.59 Å². The standard InChI is InChI=1S/C21H24N4O4/c1-3-25-19-10-9-17(13-18(19)22-23-25)21(27)29-15-20(26)24(11-12-28-2)14-16-7-5-4-6-8-16/h4-10,13H,3,11-12,14-15H2,1-2H3. The van der Waals surface area contributed by atoms with Gasteiger partial charge in [0.1, 0.15) is 5.52 Å². The zero-order valence-corrected chi connectivity index (χ0v) is 16.6. The van der Waals surface area contributed by atoms with Crippen LogP contribution in [0.25, 0.3) is 11.0 Å². The number of nitrogens with zero attached hydrogens (tertiary/aromatic N) is 4. The fourth-order valence-corrected chi connectivity index (χ4v) is 2.93. The van der Waals surface area contributed by atoms with Gasteiger partial charge in [-0.15, -0.1) is 5.10 Å². The molecule has 0 fully saturated rings. The van der Waals surface area contributed by atoms with Crippen LogP contribution in [0.5, 0.6) is 0 Å². The highest BCUT2D eigenvalue weighted by Crippen LogP contribution is 2.14. The van der Waals surface area contributed by atoms with Crippen molar-refractivity contribution in [1.29, 1.82) is 0 Å². The molecule has 1 heterocycles. The molecule has 3 aromatic rings. The molecular formula is C21H24N4O4. The van der Waals surface area contributed by atoms with E-state index in [-0.39, 0.29) is 12.5 Å². The minimum atomic E-state index is -0.572. The number of ether oxygens (including phenoxy) is 2. The maximum absolute atomic E-state index is 12.6. The molecule has 8 nitrogen and oxygen atoms in total. The Kier molecular flexibility index (Phi) is 6.91. The normalized spacial score (nSPS) is 10.8. The summed E-state index contributed by atoms with van der Waals surface area (Å²) in [7, 11) is 1.58. The third-order valence-corrected chi connectivity index (χ3v) is 4.51. The minimum Gasteiger partial charge on any atom is -0.452 e. The molecule has 0 N–H and O–H groups in total. The first-order valence-electron chi connectivity index (χ1n) is 9.43. The summed E-state index contributed by atoms with van der Waals surface area (Å²) < 4.78 is 12.1. The highest BCUT2D eigenvalue weighted by molar-refractivity contribution is 5.94. The molecule has 2 aromatic carbocycles. The lowest BCUT2D eigenvalue weighted by Gasteiger charge is -2.22. The highest BCUT2D eigenvalue weighted by Gasteiger charge is 2.17. The lowest BCUT2D eigenvalue weighted by Crippen LogP contribution is -2.36. The number of aromatic nitrogens is 3. The van der Waals surface area contributed by atoms with Gasteiger partial charge in [-0.05, 0) is 30.7 Å². The Hall–Kier alpha value is -3.26. The van der Waals surface area contributed by atoms with Gasteiger partial charge in [0.15, 0.2) is 6.61 Å². The van der Waals surface area contributed by atoms with E-state index in [2.05, 4.69) is 10.3 Å². The predicted octanol–water partition coefficient (Wildman–Crippen LogP) is 2.28. The van der Waals surface area contributed by atoms with Gasteiger partial charge in [0.25, 0.3) is 5.91 Å². The molecule has 0 aliphatic heterocycles. The van der Waals surface area contributed by atoms with Crippen molar-refractivity contribution in [3.8, 4) is 0 Å². The first kappa shape index (κ1) is 20.5. The van der Waals surface area contributed by atoms with E-state index < -0.39 is 5.97 Å². The van der Waals surface area contributed by atoms with Gasteiger partial charge < -0.3 is 14.4 Å². The number of rotatable bonds is 9. The van der Waals surface area contributed by atoms with Gasteiger partial charge in [-0.3, -0.25) is 4.79 Å². The average Bonchev–Trinajstić information content (AvgIpc) is 3.17. The number of carbonyl (C=O) groups is 2. The molecule has 152 valence electrons. The molecule has 1 aromatic heterocycles. The zero-order valence-electron chi connectivity index (χ0n) is 16.6. The number of benzene rings is 2. The first-order chi connectivity index (χ1) is 14.1. The summed E-state index contributed by atoms with van der Waals surface area (Å²) in [6.07, 6.45) is 0. The highest BCUT2D eigenvalue weighted by atomic mass is 16.5. The molecule has 0 unspecified atom stereocenters. The molecule has 0 saturated carbocycles. The lowest BCUT2D eigenvalue weighted by atomic mass is 10.2. The number of hydrogen-bond acceptors (Lipinski definition) is 6. The van der Waals surface area contributed by atoms with Crippen LogP contribution in [0.4, 0.5) is 0 Å². The topological polar surface area (TPSA) is 86.6 Å². The van der Waals surface area contributed by atoms with Crippen LogP contribution in [0.3, 0.4) is 0 Å². The Morgan fingerprint density at radius 2 is 1.93 bits per heavy atom. The van der Waals surface area contributed by atoms with Crippen molar-refractivity contribution >= 4 is 22.9 Å². The number of aryl methyl sites for hydroxylation is 1. The van der Waals surface area contributed by atoms with Gasteiger partial charge in [0.2, 0.25) is 0 Å². The number of methoxy groups -OCH3 is 1. The summed E-state index contributed by atoms with van der Waals surface area (Å²) in [5.41, 5.74) is 2.78.